The highest BCUT2D eigenvalue weighted by molar-refractivity contribution is 6.34. The molecule has 0 radical (unpaired) electrons. The molecule has 6 heteroatoms. The summed E-state index contributed by atoms with van der Waals surface area (Å²) in [6.07, 6.45) is 7.34. The lowest BCUT2D eigenvalue weighted by molar-refractivity contribution is 0.562. The van der Waals surface area contributed by atoms with E-state index in [1.165, 1.54) is 6.07 Å². The van der Waals surface area contributed by atoms with Crippen molar-refractivity contribution in [3.8, 4) is 0 Å². The topological polar surface area (TPSA) is 52.9 Å². The first-order valence-corrected chi connectivity index (χ1v) is 6.29. The maximum Gasteiger partial charge on any atom is 0.164 e. The van der Waals surface area contributed by atoms with Crippen molar-refractivity contribution >= 4 is 34.5 Å². The smallest absolute Gasteiger partial charge is 0.164 e. The molecule has 1 heterocycles. The molecule has 4 nitrogen and oxygen atoms in total. The summed E-state index contributed by atoms with van der Waals surface area (Å²) in [4.78, 5) is 10.1. The van der Waals surface area contributed by atoms with Gasteiger partial charge in [-0.2, -0.15) is 0 Å². The van der Waals surface area contributed by atoms with E-state index in [-0.39, 0.29) is 10.3 Å². The van der Waals surface area contributed by atoms with Crippen LogP contribution in [-0.2, 0) is 0 Å². The van der Waals surface area contributed by atoms with Crippen LogP contribution in [0.5, 0.6) is 0 Å². The number of aromatic nitrogens is 2. The minimum atomic E-state index is 0.261. The maximum absolute atomic E-state index is 8.19. The van der Waals surface area contributed by atoms with Crippen LogP contribution < -0.4 is 0 Å². The molecule has 0 atom stereocenters. The lowest BCUT2D eigenvalue weighted by Crippen LogP contribution is -2.12. The molecule has 0 saturated carbocycles. The van der Waals surface area contributed by atoms with E-state index in [1.54, 1.807) is 6.08 Å². The SMILES string of the molecule is CN(C)C=C1C=CC=C(c2nc(Cl)cc(Cl)n2)C1=N. The zero-order valence-corrected chi connectivity index (χ0v) is 12.0. The molecular formula is C13H12Cl2N4. The average Bonchev–Trinajstić information content (AvgIpc) is 2.30. The summed E-state index contributed by atoms with van der Waals surface area (Å²) in [7, 11) is 3.80. The highest BCUT2D eigenvalue weighted by Gasteiger charge is 2.17. The van der Waals surface area contributed by atoms with Crippen LogP contribution in [0.1, 0.15) is 5.82 Å². The van der Waals surface area contributed by atoms with E-state index in [0.29, 0.717) is 17.1 Å². The Labute approximate surface area is 121 Å². The molecule has 1 aliphatic carbocycles. The summed E-state index contributed by atoms with van der Waals surface area (Å²) in [5, 5.41) is 8.72. The van der Waals surface area contributed by atoms with Gasteiger partial charge in [0.05, 0.1) is 5.71 Å². The van der Waals surface area contributed by atoms with E-state index >= 15 is 0 Å². The van der Waals surface area contributed by atoms with Crippen LogP contribution in [0.3, 0.4) is 0 Å². The number of hydrogen-bond acceptors (Lipinski definition) is 4. The number of hydrogen-bond donors (Lipinski definition) is 1. The maximum atomic E-state index is 8.19. The van der Waals surface area contributed by atoms with Gasteiger partial charge in [0.15, 0.2) is 5.82 Å². The standard InChI is InChI=1S/C13H12Cl2N4/c1-19(2)7-8-4-3-5-9(12(8)16)13-17-10(14)6-11(15)18-13/h3-7,16H,1-2H3. The molecule has 0 saturated heterocycles. The van der Waals surface area contributed by atoms with Gasteiger partial charge in [0.1, 0.15) is 10.3 Å². The van der Waals surface area contributed by atoms with Gasteiger partial charge < -0.3 is 4.90 Å². The van der Waals surface area contributed by atoms with Crippen molar-refractivity contribution in [1.82, 2.24) is 14.9 Å². The largest absolute Gasteiger partial charge is 0.383 e. The summed E-state index contributed by atoms with van der Waals surface area (Å²) in [5.74, 6) is 0.358. The summed E-state index contributed by atoms with van der Waals surface area (Å²) >= 11 is 11.7. The highest BCUT2D eigenvalue weighted by atomic mass is 35.5. The van der Waals surface area contributed by atoms with Gasteiger partial charge in [-0.1, -0.05) is 35.4 Å². The van der Waals surface area contributed by atoms with E-state index in [9.17, 15) is 0 Å². The van der Waals surface area contributed by atoms with Crippen molar-refractivity contribution in [2.45, 2.75) is 0 Å². The molecule has 0 spiro atoms. The van der Waals surface area contributed by atoms with Crippen molar-refractivity contribution in [3.63, 3.8) is 0 Å². The van der Waals surface area contributed by atoms with Gasteiger partial charge in [0.2, 0.25) is 0 Å². The van der Waals surface area contributed by atoms with E-state index in [4.69, 9.17) is 28.6 Å². The Kier molecular flexibility index (Phi) is 4.02. The lowest BCUT2D eigenvalue weighted by atomic mass is 9.97. The Morgan fingerprint density at radius 3 is 2.42 bits per heavy atom. The molecular weight excluding hydrogens is 283 g/mol. The second-order valence-electron chi connectivity index (χ2n) is 4.20. The van der Waals surface area contributed by atoms with Gasteiger partial charge in [0, 0.05) is 37.5 Å². The Hall–Kier alpha value is -1.65. The third kappa shape index (κ3) is 3.22. The van der Waals surface area contributed by atoms with E-state index < -0.39 is 0 Å². The second kappa shape index (κ2) is 5.55. The number of halogens is 2. The minimum absolute atomic E-state index is 0.261. The zero-order chi connectivity index (χ0) is 14.0. The third-order valence-electron chi connectivity index (χ3n) is 2.40. The van der Waals surface area contributed by atoms with Crippen molar-refractivity contribution in [2.24, 2.45) is 0 Å². The van der Waals surface area contributed by atoms with Crippen LogP contribution in [0.15, 0.2) is 36.1 Å². The molecule has 1 aromatic rings. The van der Waals surface area contributed by atoms with E-state index in [2.05, 4.69) is 9.97 Å². The molecule has 0 amide bonds. The van der Waals surface area contributed by atoms with Gasteiger partial charge in [0.25, 0.3) is 0 Å². The molecule has 1 N–H and O–H groups in total. The molecule has 1 aromatic heterocycles. The Morgan fingerprint density at radius 1 is 1.21 bits per heavy atom. The first kappa shape index (κ1) is 13.8. The summed E-state index contributed by atoms with van der Waals surface area (Å²) in [5.41, 5.74) is 1.72. The predicted octanol–water partition coefficient (Wildman–Crippen LogP) is 3.20. The molecule has 0 fully saturated rings. The summed E-state index contributed by atoms with van der Waals surface area (Å²) in [6, 6.07) is 1.46. The lowest BCUT2D eigenvalue weighted by Gasteiger charge is -2.15. The quantitative estimate of drug-likeness (QED) is 0.852. The third-order valence-corrected chi connectivity index (χ3v) is 2.79. The number of rotatable bonds is 2. The zero-order valence-electron chi connectivity index (χ0n) is 10.5. The van der Waals surface area contributed by atoms with Gasteiger partial charge in [-0.05, 0) is 6.08 Å². The Morgan fingerprint density at radius 2 is 1.84 bits per heavy atom. The van der Waals surface area contributed by atoms with Gasteiger partial charge in [-0.15, -0.1) is 0 Å². The molecule has 98 valence electrons. The Balaban J connectivity index is 2.43. The van der Waals surface area contributed by atoms with Crippen LogP contribution in [0, 0.1) is 5.41 Å². The second-order valence-corrected chi connectivity index (χ2v) is 4.97. The van der Waals surface area contributed by atoms with Gasteiger partial charge >= 0.3 is 0 Å². The first-order chi connectivity index (χ1) is 8.97. The average molecular weight is 295 g/mol. The molecule has 0 aliphatic heterocycles. The molecule has 0 aromatic carbocycles. The molecule has 2 rings (SSSR count). The summed E-state index contributed by atoms with van der Waals surface area (Å²) in [6.45, 7) is 0. The molecule has 0 unspecified atom stereocenters. The predicted molar refractivity (Wildman–Crippen MR) is 78.7 cm³/mol. The van der Waals surface area contributed by atoms with Crippen LogP contribution in [0.2, 0.25) is 10.3 Å². The van der Waals surface area contributed by atoms with Crippen molar-refractivity contribution in [2.75, 3.05) is 14.1 Å². The fourth-order valence-corrected chi connectivity index (χ4v) is 2.08. The van der Waals surface area contributed by atoms with Crippen LogP contribution in [-0.4, -0.2) is 34.7 Å². The van der Waals surface area contributed by atoms with E-state index in [0.717, 1.165) is 5.57 Å². The monoisotopic (exact) mass is 294 g/mol. The van der Waals surface area contributed by atoms with Crippen molar-refractivity contribution < 1.29 is 0 Å². The summed E-state index contributed by atoms with van der Waals surface area (Å²) < 4.78 is 0. The van der Waals surface area contributed by atoms with Crippen LogP contribution in [0.25, 0.3) is 5.57 Å². The highest BCUT2D eigenvalue weighted by Crippen LogP contribution is 2.24. The van der Waals surface area contributed by atoms with E-state index in [1.807, 2.05) is 37.3 Å². The van der Waals surface area contributed by atoms with Crippen LogP contribution in [0.4, 0.5) is 0 Å². The van der Waals surface area contributed by atoms with Crippen molar-refractivity contribution in [3.05, 3.63) is 52.2 Å². The van der Waals surface area contributed by atoms with Crippen LogP contribution >= 0.6 is 23.2 Å². The first-order valence-electron chi connectivity index (χ1n) is 5.54. The molecule has 19 heavy (non-hydrogen) atoms. The van der Waals surface area contributed by atoms with Crippen molar-refractivity contribution in [1.29, 1.82) is 5.41 Å². The number of nitrogens with zero attached hydrogens (tertiary/aromatic N) is 3. The van der Waals surface area contributed by atoms with Gasteiger partial charge in [-0.3, -0.25) is 5.41 Å². The normalized spacial score (nSPS) is 16.7. The molecule has 1 aliphatic rings. The van der Waals surface area contributed by atoms with Gasteiger partial charge in [-0.25, -0.2) is 9.97 Å². The number of allylic oxidation sites excluding steroid dienone is 5. The fourth-order valence-electron chi connectivity index (χ4n) is 1.65. The molecule has 0 bridgehead atoms. The fraction of sp³-hybridized carbons (Fsp3) is 0.154. The number of nitrogens with one attached hydrogen (secondary N) is 1. The Bertz CT molecular complexity index is 595. The minimum Gasteiger partial charge on any atom is -0.383 e.